The molecule has 0 aliphatic carbocycles. The van der Waals surface area contributed by atoms with Crippen LogP contribution in [0.25, 0.3) is 21.5 Å². The van der Waals surface area contributed by atoms with Crippen LogP contribution < -0.4 is 35.8 Å². The number of imide groups is 2. The normalized spacial score (nSPS) is 25.8. The zero-order chi connectivity index (χ0) is 70.2. The van der Waals surface area contributed by atoms with Crippen molar-refractivity contribution in [2.45, 2.75) is 121 Å². The lowest BCUT2D eigenvalue weighted by Crippen LogP contribution is -2.64. The Morgan fingerprint density at radius 1 is 0.531 bits per heavy atom. The van der Waals surface area contributed by atoms with E-state index < -0.39 is 113 Å². The number of anilines is 3. The number of hydrogen-bond donors (Lipinski definition) is 4. The molecule has 6 aliphatic heterocycles. The summed E-state index contributed by atoms with van der Waals surface area (Å²) in [4.78, 5) is 198. The predicted octanol–water partition coefficient (Wildman–Crippen LogP) is 6.22. The highest BCUT2D eigenvalue weighted by Crippen LogP contribution is 2.48. The van der Waals surface area contributed by atoms with E-state index in [0.29, 0.717) is 43.0 Å². The number of esters is 1. The van der Waals surface area contributed by atoms with Gasteiger partial charge >= 0.3 is 5.97 Å². The number of carbonyl (C=O) groups excluding carboxylic acids is 14. The van der Waals surface area contributed by atoms with Crippen LogP contribution in [-0.2, 0) is 76.6 Å². The summed E-state index contributed by atoms with van der Waals surface area (Å²) in [6, 6.07) is 11.7. The Kier molecular flexibility index (Phi) is 23.7. The fraction of sp³-hybridized carbons (Fsp3) is 0.449. The Labute approximate surface area is 582 Å². The highest BCUT2D eigenvalue weighted by Gasteiger charge is 2.53. The molecule has 6 aliphatic rings. The van der Waals surface area contributed by atoms with Crippen molar-refractivity contribution >= 4 is 168 Å². The molecule has 10 rings (SSSR count). The van der Waals surface area contributed by atoms with Crippen LogP contribution >= 0.6 is 46.7 Å². The third-order valence-electron chi connectivity index (χ3n) is 18.0. The van der Waals surface area contributed by atoms with Gasteiger partial charge in [-0.05, 0) is 54.7 Å². The van der Waals surface area contributed by atoms with E-state index in [1.807, 2.05) is 36.4 Å². The van der Waals surface area contributed by atoms with Crippen molar-refractivity contribution < 1.29 is 81.3 Å². The van der Waals surface area contributed by atoms with E-state index in [1.165, 1.54) is 20.8 Å². The Hall–Kier alpha value is -8.34. The summed E-state index contributed by atoms with van der Waals surface area (Å²) in [7, 11) is 0. The van der Waals surface area contributed by atoms with Gasteiger partial charge in [0.25, 0.3) is 23.6 Å². The first-order chi connectivity index (χ1) is 47.0. The number of ketones is 3. The molecule has 8 unspecified atom stereocenters. The van der Waals surface area contributed by atoms with Crippen LogP contribution in [0.3, 0.4) is 0 Å². The number of benzene rings is 4. The zero-order valence-corrected chi connectivity index (χ0v) is 57.4. The quantitative estimate of drug-likeness (QED) is 0.0749. The lowest BCUT2D eigenvalue weighted by atomic mass is 9.94. The van der Waals surface area contributed by atoms with Crippen LogP contribution in [0.4, 0.5) is 17.1 Å². The van der Waals surface area contributed by atoms with Crippen molar-refractivity contribution in [2.75, 3.05) is 78.0 Å². The fourth-order valence-electron chi connectivity index (χ4n) is 12.9. The van der Waals surface area contributed by atoms with Gasteiger partial charge < -0.3 is 45.3 Å². The van der Waals surface area contributed by atoms with E-state index in [1.54, 1.807) is 41.0 Å². The topological polar surface area (TPSA) is 328 Å². The number of thioether (sulfide) groups is 2. The standard InChI is InChI=1S/C69H74Cl2N8O17S2/c1-36-25-50(81)38(3)73-55(83)18-22-94-21-10-15-49(80)63-64(79-60(88)30-54(68(79)92)98-35-97-53-29-59(87)78(63)67(53)91)66(90)72-20-24-95-23-19-56(84)74-39(4)51(82)26-37(2)69(93)96-52-28-48-62(45-14-8-6-12-43(45)52)41(32-71)34-77(48)58(86)17-9-16-57(85)76-33-40(31-70)61-44-13-7-5-11-42(44)46(27-47(61)76)75-65(36)89/h5-8,11-14,27-30,36-41,63-64H,9-10,15-26,31-35H2,1-4H3,(H,72,90)(H,73,83)(H,74,84)(H,75,89). The first kappa shape index (κ1) is 72.4. The minimum Gasteiger partial charge on any atom is -0.426 e. The number of halogens is 2. The van der Waals surface area contributed by atoms with Gasteiger partial charge in [0.05, 0.1) is 59.0 Å². The number of fused-ring (bicyclic) bond motifs is 15. The summed E-state index contributed by atoms with van der Waals surface area (Å²) in [6.07, 6.45) is 0.519. The van der Waals surface area contributed by atoms with Gasteiger partial charge in [0, 0.05) is 140 Å². The van der Waals surface area contributed by atoms with Crippen LogP contribution in [0, 0.1) is 11.8 Å². The summed E-state index contributed by atoms with van der Waals surface area (Å²) >= 11 is 15.0. The maximum absolute atomic E-state index is 14.4. The van der Waals surface area contributed by atoms with Crippen molar-refractivity contribution in [3.63, 3.8) is 0 Å². The Bertz CT molecular complexity index is 3780. The molecule has 0 aromatic heterocycles. The van der Waals surface area contributed by atoms with E-state index in [0.717, 1.165) is 52.2 Å². The molecule has 4 aromatic carbocycles. The van der Waals surface area contributed by atoms with E-state index in [9.17, 15) is 67.1 Å². The second kappa shape index (κ2) is 32.1. The molecule has 8 atom stereocenters. The van der Waals surface area contributed by atoms with E-state index in [-0.39, 0.29) is 153 Å². The first-order valence-corrected chi connectivity index (χ1v) is 35.4. The molecule has 98 heavy (non-hydrogen) atoms. The number of nitrogens with zero attached hydrogens (tertiary/aromatic N) is 4. The minimum absolute atomic E-state index is 0.0304. The highest BCUT2D eigenvalue weighted by molar-refractivity contribution is 8.20. The number of Topliss-reactive ketones (excluding diaryl/α,β-unsaturated/α-hetero) is 3. The molecule has 25 nitrogen and oxygen atoms in total. The summed E-state index contributed by atoms with van der Waals surface area (Å²) in [5.74, 6) is -11.7. The van der Waals surface area contributed by atoms with Gasteiger partial charge in [-0.15, -0.1) is 46.7 Å². The lowest BCUT2D eigenvalue weighted by molar-refractivity contribution is -0.156. The zero-order valence-electron chi connectivity index (χ0n) is 54.3. The smallest absolute Gasteiger partial charge is 0.314 e. The van der Waals surface area contributed by atoms with Crippen LogP contribution in [0.15, 0.2) is 82.6 Å². The third-order valence-corrected chi connectivity index (χ3v) is 20.9. The molecular weight excluding hydrogens is 1350 g/mol. The molecule has 10 amide bonds. The maximum Gasteiger partial charge on any atom is 0.314 e. The first-order valence-electron chi connectivity index (χ1n) is 32.4. The number of carbonyl (C=O) groups is 14. The lowest BCUT2D eigenvalue weighted by Gasteiger charge is -2.35. The van der Waals surface area contributed by atoms with Gasteiger partial charge in [-0.1, -0.05) is 62.4 Å². The summed E-state index contributed by atoms with van der Waals surface area (Å²) in [5.41, 5.74) is 2.99. The Morgan fingerprint density at radius 3 is 1.59 bits per heavy atom. The second-order valence-corrected chi connectivity index (χ2v) is 27.9. The average molecular weight is 1420 g/mol. The van der Waals surface area contributed by atoms with E-state index in [2.05, 4.69) is 21.3 Å². The predicted molar refractivity (Wildman–Crippen MR) is 366 cm³/mol. The van der Waals surface area contributed by atoms with E-state index >= 15 is 0 Å². The summed E-state index contributed by atoms with van der Waals surface area (Å²) < 4.78 is 17.3. The number of hydrogen-bond acceptors (Lipinski definition) is 19. The third kappa shape index (κ3) is 15.9. The van der Waals surface area contributed by atoms with Crippen LogP contribution in [-0.4, -0.2) is 179 Å². The highest BCUT2D eigenvalue weighted by atomic mass is 35.5. The molecule has 6 heterocycles. The van der Waals surface area contributed by atoms with Gasteiger partial charge in [0.15, 0.2) is 17.3 Å². The van der Waals surface area contributed by atoms with Gasteiger partial charge in [-0.2, -0.15) is 0 Å². The molecule has 1 saturated heterocycles. The largest absolute Gasteiger partial charge is 0.426 e. The molecule has 0 saturated carbocycles. The van der Waals surface area contributed by atoms with Gasteiger partial charge in [-0.3, -0.25) is 76.9 Å². The molecule has 518 valence electrons. The summed E-state index contributed by atoms with van der Waals surface area (Å²) in [5, 5.41) is 13.5. The van der Waals surface area contributed by atoms with Crippen molar-refractivity contribution in [1.29, 1.82) is 0 Å². The van der Waals surface area contributed by atoms with Crippen molar-refractivity contribution in [2.24, 2.45) is 11.8 Å². The molecule has 0 radical (unpaired) electrons. The van der Waals surface area contributed by atoms with Crippen LogP contribution in [0.2, 0.25) is 0 Å². The van der Waals surface area contributed by atoms with Crippen molar-refractivity contribution in [3.8, 4) is 5.75 Å². The van der Waals surface area contributed by atoms with E-state index in [4.69, 9.17) is 37.4 Å². The summed E-state index contributed by atoms with van der Waals surface area (Å²) in [6.45, 7) is 5.35. The van der Waals surface area contributed by atoms with Crippen LogP contribution in [0.1, 0.15) is 108 Å². The Morgan fingerprint density at radius 2 is 1.03 bits per heavy atom. The molecule has 1 fully saturated rings. The number of ether oxygens (including phenoxy) is 3. The number of amides is 10. The van der Waals surface area contributed by atoms with Crippen LogP contribution in [0.5, 0.6) is 5.75 Å². The second-order valence-electron chi connectivity index (χ2n) is 24.9. The molecule has 4 N–H and O–H groups in total. The van der Waals surface area contributed by atoms with Gasteiger partial charge in [-0.25, -0.2) is 0 Å². The molecule has 0 spiro atoms. The maximum atomic E-state index is 14.4. The SMILES string of the molecule is CC1CC(=O)C(C)NC(=O)CCOCCCC(=O)C2C(C(=O)NCCOCCC(=O)NC(C)C(=O)CC(C)C(=O)Oc3cc4c(c5ccccc35)C(CCl)CN4C(=O)CCCC(=O)N3CC(CCl)c4c3cc(c3ccccc43)NC1=O)N1C(=O)C=C(SCSC3=CC(=O)N2C3=O)C1=O. The van der Waals surface area contributed by atoms with Gasteiger partial charge in [0.2, 0.25) is 35.4 Å². The average Bonchev–Trinajstić information content (AvgIpc) is 1.53. The number of nitrogens with one attached hydrogen (secondary N) is 4. The number of rotatable bonds is 2. The monoisotopic (exact) mass is 1420 g/mol. The molecular formula is C69H74Cl2N8O17S2. The van der Waals surface area contributed by atoms with Gasteiger partial charge in [0.1, 0.15) is 17.8 Å². The minimum atomic E-state index is -2.05. The molecule has 8 bridgehead atoms. The number of alkyl halides is 2. The van der Waals surface area contributed by atoms with Crippen molar-refractivity contribution in [3.05, 3.63) is 93.8 Å². The molecule has 29 heteroatoms. The van der Waals surface area contributed by atoms with Crippen molar-refractivity contribution in [1.82, 2.24) is 25.8 Å². The fourth-order valence-corrected chi connectivity index (χ4v) is 15.4. The molecule has 4 aromatic rings. The Balaban J connectivity index is 0.865.